The Morgan fingerprint density at radius 1 is 1.07 bits per heavy atom. The molecule has 7 atom stereocenters. The third kappa shape index (κ3) is 3.32. The molecule has 6 N–H and O–H groups in total. The number of fused-ring (bicyclic) bond motifs is 5. The number of hydrogen-bond donors (Lipinski definition) is 5. The van der Waals surface area contributed by atoms with Crippen molar-refractivity contribution in [1.29, 1.82) is 5.41 Å². The van der Waals surface area contributed by atoms with Gasteiger partial charge in [-0.25, -0.2) is 5.43 Å². The highest BCUT2D eigenvalue weighted by atomic mass is 16.3. The number of guanidine groups is 1. The molecule has 0 saturated heterocycles. The van der Waals surface area contributed by atoms with Gasteiger partial charge in [0.1, 0.15) is 0 Å². The van der Waals surface area contributed by atoms with E-state index in [2.05, 4.69) is 24.4 Å². The average Bonchev–Trinajstić information content (AvgIpc) is 2.97. The molecule has 0 bridgehead atoms. The standard InChI is InChI=1S/C23H38N4O2/c1-20-8-3-10-23(20,29)18-6-5-16-15-22(28,9-4-14-26-27-19(24)25)13-12-21(16,2)17(18)7-11-20/h4,9,14,16-18,28-29H,3,5-8,10-13,15H2,1-2H3,(H4,24,25,27)/b9-4+,26-14?/t16-,17+,18-,20+,21+,22+,23+/m1/s1. The van der Waals surface area contributed by atoms with E-state index in [-0.39, 0.29) is 16.8 Å². The molecule has 0 aliphatic heterocycles. The Bertz CT molecular complexity index is 724. The highest BCUT2D eigenvalue weighted by Gasteiger charge is 2.65. The van der Waals surface area contributed by atoms with Gasteiger partial charge in [-0.2, -0.15) is 5.10 Å². The predicted molar refractivity (Wildman–Crippen MR) is 115 cm³/mol. The van der Waals surface area contributed by atoms with Crippen LogP contribution in [0.1, 0.15) is 78.1 Å². The molecular formula is C23H38N4O2. The molecule has 0 radical (unpaired) electrons. The first kappa shape index (κ1) is 20.9. The van der Waals surface area contributed by atoms with Crippen molar-refractivity contribution < 1.29 is 10.2 Å². The van der Waals surface area contributed by atoms with E-state index in [1.165, 1.54) is 25.5 Å². The van der Waals surface area contributed by atoms with Crippen molar-refractivity contribution >= 4 is 12.2 Å². The lowest BCUT2D eigenvalue weighted by molar-refractivity contribution is -0.206. The van der Waals surface area contributed by atoms with Crippen LogP contribution in [0.3, 0.4) is 0 Å². The quantitative estimate of drug-likeness (QED) is 0.283. The lowest BCUT2D eigenvalue weighted by Gasteiger charge is -2.63. The van der Waals surface area contributed by atoms with Gasteiger partial charge in [-0.05, 0) is 98.9 Å². The zero-order valence-electron chi connectivity index (χ0n) is 18.0. The fraction of sp³-hybridized carbons (Fsp3) is 0.826. The second kappa shape index (κ2) is 7.09. The van der Waals surface area contributed by atoms with Crippen LogP contribution in [-0.2, 0) is 0 Å². The van der Waals surface area contributed by atoms with E-state index < -0.39 is 11.2 Å². The Labute approximate surface area is 174 Å². The first-order valence-corrected chi connectivity index (χ1v) is 11.4. The maximum Gasteiger partial charge on any atom is 0.206 e. The normalized spacial score (nSPS) is 49.6. The maximum absolute atomic E-state index is 11.8. The number of nitrogens with zero attached hydrogens (tertiary/aromatic N) is 1. The van der Waals surface area contributed by atoms with E-state index in [1.807, 2.05) is 6.08 Å². The van der Waals surface area contributed by atoms with Crippen molar-refractivity contribution in [3.63, 3.8) is 0 Å². The molecule has 0 amide bonds. The molecule has 0 heterocycles. The van der Waals surface area contributed by atoms with Crippen LogP contribution in [0.25, 0.3) is 0 Å². The first-order valence-electron chi connectivity index (χ1n) is 11.4. The molecule has 4 fully saturated rings. The molecule has 0 aromatic rings. The minimum Gasteiger partial charge on any atom is -0.389 e. The Morgan fingerprint density at radius 3 is 2.62 bits per heavy atom. The van der Waals surface area contributed by atoms with Crippen LogP contribution < -0.4 is 11.2 Å². The summed E-state index contributed by atoms with van der Waals surface area (Å²) >= 11 is 0. The Morgan fingerprint density at radius 2 is 1.86 bits per heavy atom. The Kier molecular flexibility index (Phi) is 5.10. The Hall–Kier alpha value is -1.40. The van der Waals surface area contributed by atoms with Gasteiger partial charge in [0.25, 0.3) is 0 Å². The molecule has 4 rings (SSSR count). The molecular weight excluding hydrogens is 364 g/mol. The predicted octanol–water partition coefficient (Wildman–Crippen LogP) is 3.29. The first-order chi connectivity index (χ1) is 13.6. The summed E-state index contributed by atoms with van der Waals surface area (Å²) in [5.41, 5.74) is 6.63. The largest absolute Gasteiger partial charge is 0.389 e. The lowest BCUT2D eigenvalue weighted by Crippen LogP contribution is -2.61. The van der Waals surface area contributed by atoms with E-state index >= 15 is 0 Å². The third-order valence-electron chi connectivity index (χ3n) is 9.49. The summed E-state index contributed by atoms with van der Waals surface area (Å²) in [4.78, 5) is 0. The molecule has 0 aromatic heterocycles. The van der Waals surface area contributed by atoms with Gasteiger partial charge < -0.3 is 15.9 Å². The molecule has 0 spiro atoms. The summed E-state index contributed by atoms with van der Waals surface area (Å²) in [6.45, 7) is 4.77. The van der Waals surface area contributed by atoms with Gasteiger partial charge in [-0.1, -0.05) is 19.9 Å². The minimum atomic E-state index is -0.799. The van der Waals surface area contributed by atoms with Crippen LogP contribution in [0.4, 0.5) is 0 Å². The van der Waals surface area contributed by atoms with Gasteiger partial charge in [0.2, 0.25) is 5.96 Å². The molecule has 0 unspecified atom stereocenters. The summed E-state index contributed by atoms with van der Waals surface area (Å²) in [5, 5.41) is 33.9. The molecule has 29 heavy (non-hydrogen) atoms. The number of aliphatic hydroxyl groups is 2. The molecule has 4 aliphatic carbocycles. The summed E-state index contributed by atoms with van der Waals surface area (Å²) in [5.74, 6) is 1.30. The average molecular weight is 403 g/mol. The van der Waals surface area contributed by atoms with Gasteiger partial charge in [0, 0.05) is 6.21 Å². The fourth-order valence-corrected chi connectivity index (χ4v) is 7.75. The lowest BCUT2D eigenvalue weighted by atomic mass is 9.43. The number of nitrogens with two attached hydrogens (primary N) is 1. The number of rotatable bonds is 3. The summed E-state index contributed by atoms with van der Waals surface area (Å²) in [7, 11) is 0. The van der Waals surface area contributed by atoms with Crippen LogP contribution in [0, 0.1) is 34.0 Å². The number of hydrogen-bond acceptors (Lipinski definition) is 4. The van der Waals surface area contributed by atoms with Crippen molar-refractivity contribution in [3.05, 3.63) is 12.2 Å². The summed E-state index contributed by atoms with van der Waals surface area (Å²) < 4.78 is 0. The smallest absolute Gasteiger partial charge is 0.206 e. The zero-order chi connectivity index (χ0) is 20.9. The maximum atomic E-state index is 11.8. The molecule has 4 aliphatic rings. The van der Waals surface area contributed by atoms with Gasteiger partial charge in [-0.3, -0.25) is 5.41 Å². The van der Waals surface area contributed by atoms with Crippen molar-refractivity contribution in [2.75, 3.05) is 0 Å². The van der Waals surface area contributed by atoms with Crippen LogP contribution in [0.5, 0.6) is 0 Å². The van der Waals surface area contributed by atoms with Crippen LogP contribution in [-0.4, -0.2) is 33.6 Å². The second-order valence-corrected chi connectivity index (χ2v) is 10.8. The molecule has 162 valence electrons. The van der Waals surface area contributed by atoms with E-state index in [0.29, 0.717) is 17.8 Å². The topological polar surface area (TPSA) is 115 Å². The van der Waals surface area contributed by atoms with Crippen molar-refractivity contribution in [2.45, 2.75) is 89.3 Å². The molecule has 6 heteroatoms. The van der Waals surface area contributed by atoms with Gasteiger partial charge in [0.05, 0.1) is 11.2 Å². The molecule has 6 nitrogen and oxygen atoms in total. The third-order valence-corrected chi connectivity index (χ3v) is 9.49. The van der Waals surface area contributed by atoms with E-state index in [9.17, 15) is 10.2 Å². The minimum absolute atomic E-state index is 0.114. The van der Waals surface area contributed by atoms with Crippen molar-refractivity contribution in [3.8, 4) is 0 Å². The molecule has 0 aromatic carbocycles. The number of hydrazone groups is 1. The second-order valence-electron chi connectivity index (χ2n) is 10.8. The number of nitrogens with one attached hydrogen (secondary N) is 2. The highest BCUT2D eigenvalue weighted by molar-refractivity contribution is 5.77. The van der Waals surface area contributed by atoms with Crippen molar-refractivity contribution in [1.82, 2.24) is 5.43 Å². The van der Waals surface area contributed by atoms with Crippen LogP contribution in [0.15, 0.2) is 17.3 Å². The summed E-state index contributed by atoms with van der Waals surface area (Å²) in [6.07, 6.45) is 15.6. The monoisotopic (exact) mass is 402 g/mol. The van der Waals surface area contributed by atoms with Gasteiger partial charge >= 0.3 is 0 Å². The van der Waals surface area contributed by atoms with Gasteiger partial charge in [0.15, 0.2) is 0 Å². The fourth-order valence-electron chi connectivity index (χ4n) is 7.75. The Balaban J connectivity index is 1.48. The summed E-state index contributed by atoms with van der Waals surface area (Å²) in [6, 6.07) is 0. The van der Waals surface area contributed by atoms with Crippen LogP contribution in [0.2, 0.25) is 0 Å². The van der Waals surface area contributed by atoms with E-state index in [0.717, 1.165) is 44.9 Å². The molecule has 4 saturated carbocycles. The van der Waals surface area contributed by atoms with Crippen molar-refractivity contribution in [2.24, 2.45) is 39.4 Å². The number of allylic oxidation sites excluding steroid dienone is 1. The SMILES string of the molecule is C[C@]12CC[C@@](O)(/C=C/C=NNC(=N)N)C[C@H]1CC[C@@H]1[C@@H]2CC[C@]2(C)CCC[C@]12O. The van der Waals surface area contributed by atoms with Gasteiger partial charge in [-0.15, -0.1) is 0 Å². The highest BCUT2D eigenvalue weighted by Crippen LogP contribution is 2.68. The van der Waals surface area contributed by atoms with E-state index in [1.54, 1.807) is 6.08 Å². The zero-order valence-corrected chi connectivity index (χ0v) is 18.0. The van der Waals surface area contributed by atoms with Crippen LogP contribution >= 0.6 is 0 Å². The van der Waals surface area contributed by atoms with E-state index in [4.69, 9.17) is 11.1 Å².